The van der Waals surface area contributed by atoms with Gasteiger partial charge < -0.3 is 18.9 Å². The molecule has 3 rings (SSSR count). The van der Waals surface area contributed by atoms with E-state index in [4.69, 9.17) is 18.9 Å². The number of rotatable bonds is 8. The summed E-state index contributed by atoms with van der Waals surface area (Å²) in [4.78, 5) is 47.8. The van der Waals surface area contributed by atoms with Gasteiger partial charge in [-0.1, -0.05) is 6.92 Å². The summed E-state index contributed by atoms with van der Waals surface area (Å²) in [7, 11) is 0. The highest BCUT2D eigenvalue weighted by Gasteiger charge is 2.51. The molecule has 4 atom stereocenters. The first kappa shape index (κ1) is 22.9. The number of imidazole rings is 1. The summed E-state index contributed by atoms with van der Waals surface area (Å²) in [6.07, 6.45) is 0.163. The number of thioether (sulfide) groups is 1. The van der Waals surface area contributed by atoms with Crippen LogP contribution in [0, 0.1) is 0 Å². The molecule has 168 valence electrons. The minimum absolute atomic E-state index is 0.180. The monoisotopic (exact) mass is 452 g/mol. The van der Waals surface area contributed by atoms with E-state index in [-0.39, 0.29) is 6.61 Å². The number of carbonyl (C=O) groups excluding carboxylic acids is 3. The predicted molar refractivity (Wildman–Crippen MR) is 108 cm³/mol. The van der Waals surface area contributed by atoms with Crippen molar-refractivity contribution in [1.29, 1.82) is 0 Å². The molecule has 0 saturated carbocycles. The molecule has 11 nitrogen and oxygen atoms in total. The number of ether oxygens (including phenoxy) is 4. The zero-order valence-electron chi connectivity index (χ0n) is 17.6. The van der Waals surface area contributed by atoms with Crippen molar-refractivity contribution in [2.24, 2.45) is 0 Å². The van der Waals surface area contributed by atoms with Gasteiger partial charge in [0, 0.05) is 20.8 Å². The topological polar surface area (TPSA) is 132 Å². The van der Waals surface area contributed by atoms with E-state index < -0.39 is 42.4 Å². The van der Waals surface area contributed by atoms with Crippen LogP contribution in [0.4, 0.5) is 0 Å². The maximum Gasteiger partial charge on any atom is 0.303 e. The number of hydrogen-bond acceptors (Lipinski definition) is 11. The summed E-state index contributed by atoms with van der Waals surface area (Å²) in [5.74, 6) is -0.818. The Balaban J connectivity index is 1.99. The number of hydrogen-bond donors (Lipinski definition) is 0. The largest absolute Gasteiger partial charge is 0.463 e. The van der Waals surface area contributed by atoms with Crippen LogP contribution in [-0.2, 0) is 33.3 Å². The maximum atomic E-state index is 11.8. The van der Waals surface area contributed by atoms with Gasteiger partial charge in [-0.3, -0.25) is 19.0 Å². The highest BCUT2D eigenvalue weighted by atomic mass is 32.2. The molecule has 0 radical (unpaired) electrons. The van der Waals surface area contributed by atoms with Crippen LogP contribution in [0.2, 0.25) is 0 Å². The van der Waals surface area contributed by atoms with Gasteiger partial charge in [0.05, 0.1) is 6.33 Å². The molecule has 12 heteroatoms. The summed E-state index contributed by atoms with van der Waals surface area (Å²) in [5.41, 5.74) is 1.06. The zero-order valence-corrected chi connectivity index (χ0v) is 18.5. The molecule has 2 aromatic heterocycles. The molecular weight excluding hydrogens is 428 g/mol. The van der Waals surface area contributed by atoms with E-state index in [1.165, 1.54) is 33.4 Å². The first-order valence-electron chi connectivity index (χ1n) is 9.75. The molecule has 0 amide bonds. The lowest BCUT2D eigenvalue weighted by Crippen LogP contribution is -2.40. The third kappa shape index (κ3) is 5.31. The van der Waals surface area contributed by atoms with Crippen molar-refractivity contribution < 1.29 is 33.3 Å². The standard InChI is InChI=1S/C19H24N4O7S/c1-5-6-31-18-14-17(20-8-21-18)23(9-22-14)19-16(29-12(4)26)15(28-11(3)25)13(30-19)7-27-10(2)24/h8-9,13,15-16,19H,5-7H2,1-4H3/t13-,15-,16-,19-/m1/s1. The molecule has 3 heterocycles. The number of carbonyl (C=O) groups is 3. The molecule has 1 aliphatic heterocycles. The van der Waals surface area contributed by atoms with Crippen LogP contribution >= 0.6 is 11.8 Å². The number of aromatic nitrogens is 4. The molecule has 1 saturated heterocycles. The van der Waals surface area contributed by atoms with Gasteiger partial charge >= 0.3 is 17.9 Å². The van der Waals surface area contributed by atoms with Crippen LogP contribution in [0.5, 0.6) is 0 Å². The minimum atomic E-state index is -0.999. The minimum Gasteiger partial charge on any atom is -0.463 e. The molecule has 0 aliphatic carbocycles. The lowest BCUT2D eigenvalue weighted by atomic mass is 10.1. The van der Waals surface area contributed by atoms with E-state index in [0.717, 1.165) is 17.2 Å². The Hall–Kier alpha value is -2.73. The highest BCUT2D eigenvalue weighted by molar-refractivity contribution is 7.99. The van der Waals surface area contributed by atoms with Crippen molar-refractivity contribution in [2.45, 2.75) is 63.7 Å². The zero-order chi connectivity index (χ0) is 22.5. The smallest absolute Gasteiger partial charge is 0.303 e. The molecule has 31 heavy (non-hydrogen) atoms. The predicted octanol–water partition coefficient (Wildman–Crippen LogP) is 1.65. The van der Waals surface area contributed by atoms with Crippen LogP contribution in [0.15, 0.2) is 17.7 Å². The Labute approximate surface area is 182 Å². The quantitative estimate of drug-likeness (QED) is 0.251. The summed E-state index contributed by atoms with van der Waals surface area (Å²) in [6, 6.07) is 0. The third-order valence-electron chi connectivity index (χ3n) is 4.38. The van der Waals surface area contributed by atoms with Gasteiger partial charge in [0.25, 0.3) is 0 Å². The van der Waals surface area contributed by atoms with Crippen molar-refractivity contribution in [3.8, 4) is 0 Å². The Kier molecular flexibility index (Phi) is 7.44. The van der Waals surface area contributed by atoms with Crippen molar-refractivity contribution in [1.82, 2.24) is 19.5 Å². The van der Waals surface area contributed by atoms with Crippen molar-refractivity contribution in [3.63, 3.8) is 0 Å². The van der Waals surface area contributed by atoms with Gasteiger partial charge in [-0.2, -0.15) is 0 Å². The Morgan fingerprint density at radius 3 is 2.42 bits per heavy atom. The molecule has 1 aliphatic rings. The second-order valence-corrected chi connectivity index (χ2v) is 7.95. The van der Waals surface area contributed by atoms with Crippen molar-refractivity contribution in [2.75, 3.05) is 12.4 Å². The molecular formula is C19H24N4O7S. The lowest BCUT2D eigenvalue weighted by Gasteiger charge is -2.23. The van der Waals surface area contributed by atoms with Gasteiger partial charge in [0.15, 0.2) is 24.1 Å². The molecule has 0 bridgehead atoms. The van der Waals surface area contributed by atoms with E-state index in [9.17, 15) is 14.4 Å². The second kappa shape index (κ2) is 10.1. The Bertz CT molecular complexity index is 966. The van der Waals surface area contributed by atoms with E-state index in [2.05, 4.69) is 21.9 Å². The van der Waals surface area contributed by atoms with Gasteiger partial charge in [0.2, 0.25) is 0 Å². The van der Waals surface area contributed by atoms with Crippen LogP contribution in [0.3, 0.4) is 0 Å². The average molecular weight is 452 g/mol. The lowest BCUT2D eigenvalue weighted by molar-refractivity contribution is -0.166. The number of nitrogens with zero attached hydrogens (tertiary/aromatic N) is 4. The van der Waals surface area contributed by atoms with Gasteiger partial charge in [0.1, 0.15) is 29.6 Å². The third-order valence-corrected chi connectivity index (χ3v) is 5.57. The van der Waals surface area contributed by atoms with Crippen LogP contribution < -0.4 is 0 Å². The Morgan fingerprint density at radius 1 is 1.06 bits per heavy atom. The molecule has 0 N–H and O–H groups in total. The summed E-state index contributed by atoms with van der Waals surface area (Å²) in [6.45, 7) is 5.62. The van der Waals surface area contributed by atoms with Crippen LogP contribution in [-0.4, -0.2) is 68.1 Å². The molecule has 0 unspecified atom stereocenters. The fourth-order valence-electron chi connectivity index (χ4n) is 3.24. The van der Waals surface area contributed by atoms with Crippen molar-refractivity contribution >= 4 is 40.8 Å². The molecule has 1 fully saturated rings. The second-order valence-electron chi connectivity index (χ2n) is 6.87. The van der Waals surface area contributed by atoms with E-state index in [1.807, 2.05) is 0 Å². The molecule has 0 aromatic carbocycles. The van der Waals surface area contributed by atoms with Crippen molar-refractivity contribution in [3.05, 3.63) is 12.7 Å². The molecule has 2 aromatic rings. The van der Waals surface area contributed by atoms with E-state index in [1.54, 1.807) is 16.3 Å². The van der Waals surface area contributed by atoms with Gasteiger partial charge in [-0.05, 0) is 12.2 Å². The normalized spacial score (nSPS) is 23.0. The fraction of sp³-hybridized carbons (Fsp3) is 0.579. The van der Waals surface area contributed by atoms with E-state index >= 15 is 0 Å². The van der Waals surface area contributed by atoms with Crippen LogP contribution in [0.1, 0.15) is 40.3 Å². The first-order valence-corrected chi connectivity index (χ1v) is 10.7. The highest BCUT2D eigenvalue weighted by Crippen LogP contribution is 2.36. The van der Waals surface area contributed by atoms with Gasteiger partial charge in [-0.15, -0.1) is 11.8 Å². The SMILES string of the molecule is CCCSc1ncnc2c1ncn2[C@@H]1O[C@H](COC(C)=O)[C@@H](OC(C)=O)[C@H]1OC(C)=O. The fourth-order valence-corrected chi connectivity index (χ4v) is 4.04. The number of esters is 3. The van der Waals surface area contributed by atoms with E-state index in [0.29, 0.717) is 11.2 Å². The molecule has 0 spiro atoms. The number of fused-ring (bicyclic) bond motifs is 1. The maximum absolute atomic E-state index is 11.8. The Morgan fingerprint density at radius 2 is 1.77 bits per heavy atom. The average Bonchev–Trinajstić information content (AvgIpc) is 3.26. The van der Waals surface area contributed by atoms with Crippen LogP contribution in [0.25, 0.3) is 11.2 Å². The summed E-state index contributed by atoms with van der Waals surface area (Å²) < 4.78 is 23.5. The first-order chi connectivity index (χ1) is 14.8. The summed E-state index contributed by atoms with van der Waals surface area (Å²) >= 11 is 1.56. The summed E-state index contributed by atoms with van der Waals surface area (Å²) in [5, 5.41) is 0.723. The van der Waals surface area contributed by atoms with Gasteiger partial charge in [-0.25, -0.2) is 15.0 Å².